The van der Waals surface area contributed by atoms with E-state index in [0.717, 1.165) is 31.5 Å². The predicted molar refractivity (Wildman–Crippen MR) is 94.1 cm³/mol. The number of rotatable bonds is 4. The van der Waals surface area contributed by atoms with Crippen LogP contribution in [0.5, 0.6) is 0 Å². The number of carbonyl (C=O) groups is 1. The molecule has 1 aromatic rings. The van der Waals surface area contributed by atoms with Gasteiger partial charge >= 0.3 is 6.03 Å². The van der Waals surface area contributed by atoms with E-state index in [-0.39, 0.29) is 6.03 Å². The zero-order chi connectivity index (χ0) is 16.2. The van der Waals surface area contributed by atoms with Crippen molar-refractivity contribution in [3.63, 3.8) is 0 Å². The van der Waals surface area contributed by atoms with Crippen molar-refractivity contribution >= 4 is 29.2 Å². The molecule has 0 radical (unpaired) electrons. The number of halogens is 2. The third-order valence-electron chi connectivity index (χ3n) is 4.73. The highest BCUT2D eigenvalue weighted by atomic mass is 35.5. The van der Waals surface area contributed by atoms with E-state index in [2.05, 4.69) is 10.2 Å². The Morgan fingerprint density at radius 1 is 1.13 bits per heavy atom. The molecule has 0 unspecified atom stereocenters. The summed E-state index contributed by atoms with van der Waals surface area (Å²) in [6, 6.07) is 5.83. The van der Waals surface area contributed by atoms with E-state index in [1.54, 1.807) is 12.1 Å². The number of benzene rings is 1. The minimum absolute atomic E-state index is 0.0257. The molecule has 2 aliphatic rings. The first kappa shape index (κ1) is 16.9. The molecule has 2 saturated heterocycles. The van der Waals surface area contributed by atoms with Gasteiger partial charge in [-0.05, 0) is 56.5 Å². The number of carbonyl (C=O) groups excluding carboxylic acids is 1. The zero-order valence-corrected chi connectivity index (χ0v) is 14.7. The van der Waals surface area contributed by atoms with Crippen molar-refractivity contribution in [1.82, 2.24) is 15.1 Å². The van der Waals surface area contributed by atoms with Gasteiger partial charge in [0.1, 0.15) is 0 Å². The van der Waals surface area contributed by atoms with Crippen molar-refractivity contribution in [2.75, 3.05) is 26.2 Å². The molecule has 1 aromatic carbocycles. The Morgan fingerprint density at radius 3 is 2.65 bits per heavy atom. The van der Waals surface area contributed by atoms with Gasteiger partial charge in [0.25, 0.3) is 0 Å². The Labute approximate surface area is 147 Å². The van der Waals surface area contributed by atoms with E-state index in [1.165, 1.54) is 25.9 Å². The quantitative estimate of drug-likeness (QED) is 0.892. The summed E-state index contributed by atoms with van der Waals surface area (Å²) in [6.07, 6.45) is 4.78. The van der Waals surface area contributed by atoms with Crippen LogP contribution in [0.4, 0.5) is 4.79 Å². The minimum Gasteiger partial charge on any atom is -0.334 e. The van der Waals surface area contributed by atoms with Crippen LogP contribution in [0.15, 0.2) is 18.2 Å². The number of hydrogen-bond acceptors (Lipinski definition) is 2. The van der Waals surface area contributed by atoms with Crippen LogP contribution in [-0.4, -0.2) is 48.1 Å². The molecular formula is C17H23Cl2N3O. The molecule has 0 aromatic heterocycles. The van der Waals surface area contributed by atoms with Crippen LogP contribution in [0, 0.1) is 0 Å². The number of nitrogens with zero attached hydrogens (tertiary/aromatic N) is 2. The lowest BCUT2D eigenvalue weighted by Gasteiger charge is -2.28. The summed E-state index contributed by atoms with van der Waals surface area (Å²) < 4.78 is 0. The van der Waals surface area contributed by atoms with Crippen molar-refractivity contribution in [2.45, 2.75) is 38.3 Å². The Kier molecular flexibility index (Phi) is 5.67. The van der Waals surface area contributed by atoms with Gasteiger partial charge in [-0.2, -0.15) is 0 Å². The molecule has 0 bridgehead atoms. The summed E-state index contributed by atoms with van der Waals surface area (Å²) in [6.45, 7) is 4.69. The summed E-state index contributed by atoms with van der Waals surface area (Å²) in [5.41, 5.74) is 0.961. The summed E-state index contributed by atoms with van der Waals surface area (Å²) in [5, 5.41) is 4.06. The van der Waals surface area contributed by atoms with Crippen LogP contribution >= 0.6 is 23.2 Å². The first-order valence-corrected chi connectivity index (χ1v) is 9.10. The van der Waals surface area contributed by atoms with Crippen molar-refractivity contribution in [1.29, 1.82) is 0 Å². The second-order valence-corrected chi connectivity index (χ2v) is 7.22. The maximum absolute atomic E-state index is 12.5. The summed E-state index contributed by atoms with van der Waals surface area (Å²) in [4.78, 5) is 17.0. The third kappa shape index (κ3) is 4.31. The lowest BCUT2D eigenvalue weighted by atomic mass is 10.2. The fourth-order valence-corrected chi connectivity index (χ4v) is 3.81. The Hall–Kier alpha value is -0.970. The van der Waals surface area contributed by atoms with Crippen LogP contribution in [0.25, 0.3) is 0 Å². The molecule has 2 heterocycles. The van der Waals surface area contributed by atoms with Gasteiger partial charge in [-0.25, -0.2) is 4.79 Å². The highest BCUT2D eigenvalue weighted by Crippen LogP contribution is 2.23. The Morgan fingerprint density at radius 2 is 1.91 bits per heavy atom. The van der Waals surface area contributed by atoms with Crippen LogP contribution < -0.4 is 5.32 Å². The van der Waals surface area contributed by atoms with E-state index in [1.807, 2.05) is 11.0 Å². The normalized spacial score (nSPS) is 21.8. The molecule has 2 fully saturated rings. The Bertz CT molecular complexity index is 561. The van der Waals surface area contributed by atoms with Gasteiger partial charge in [0.2, 0.25) is 0 Å². The van der Waals surface area contributed by atoms with E-state index in [9.17, 15) is 4.79 Å². The topological polar surface area (TPSA) is 35.6 Å². The number of nitrogens with one attached hydrogen (secondary N) is 1. The largest absolute Gasteiger partial charge is 0.334 e. The molecule has 1 N–H and O–H groups in total. The fourth-order valence-electron chi connectivity index (χ4n) is 3.48. The van der Waals surface area contributed by atoms with Gasteiger partial charge in [-0.1, -0.05) is 29.3 Å². The molecular weight excluding hydrogens is 333 g/mol. The molecule has 0 spiro atoms. The minimum atomic E-state index is 0.0257. The monoisotopic (exact) mass is 355 g/mol. The van der Waals surface area contributed by atoms with Gasteiger partial charge in [0.05, 0.1) is 10.0 Å². The lowest BCUT2D eigenvalue weighted by Crippen LogP contribution is -2.46. The number of likely N-dealkylation sites (tertiary alicyclic amines) is 2. The van der Waals surface area contributed by atoms with Crippen molar-refractivity contribution in [3.8, 4) is 0 Å². The molecule has 126 valence electrons. The first-order valence-electron chi connectivity index (χ1n) is 8.34. The van der Waals surface area contributed by atoms with Crippen molar-refractivity contribution < 1.29 is 4.79 Å². The van der Waals surface area contributed by atoms with Gasteiger partial charge in [0.15, 0.2) is 0 Å². The molecule has 1 atom stereocenters. The highest BCUT2D eigenvalue weighted by molar-refractivity contribution is 6.42. The zero-order valence-electron chi connectivity index (χ0n) is 13.2. The SMILES string of the molecule is O=C(NCc1ccc(Cl)c(Cl)c1)N1CCC[C@H]1CN1CCCC1. The summed E-state index contributed by atoms with van der Waals surface area (Å²) in [5.74, 6) is 0. The fraction of sp³-hybridized carbons (Fsp3) is 0.588. The number of amides is 2. The van der Waals surface area contributed by atoms with E-state index >= 15 is 0 Å². The smallest absolute Gasteiger partial charge is 0.317 e. The second-order valence-electron chi connectivity index (χ2n) is 6.40. The number of urea groups is 1. The molecule has 4 nitrogen and oxygen atoms in total. The van der Waals surface area contributed by atoms with E-state index in [4.69, 9.17) is 23.2 Å². The maximum Gasteiger partial charge on any atom is 0.317 e. The van der Waals surface area contributed by atoms with Crippen LogP contribution in [0.1, 0.15) is 31.2 Å². The van der Waals surface area contributed by atoms with E-state index < -0.39 is 0 Å². The van der Waals surface area contributed by atoms with Crippen LogP contribution in [0.2, 0.25) is 10.0 Å². The molecule has 2 aliphatic heterocycles. The molecule has 3 rings (SSSR count). The van der Waals surface area contributed by atoms with Gasteiger partial charge in [-0.3, -0.25) is 0 Å². The molecule has 0 aliphatic carbocycles. The summed E-state index contributed by atoms with van der Waals surface area (Å²) in [7, 11) is 0. The number of hydrogen-bond donors (Lipinski definition) is 1. The van der Waals surface area contributed by atoms with Gasteiger partial charge in [-0.15, -0.1) is 0 Å². The van der Waals surface area contributed by atoms with Crippen LogP contribution in [0.3, 0.4) is 0 Å². The molecule has 6 heteroatoms. The first-order chi connectivity index (χ1) is 11.1. The molecule has 0 saturated carbocycles. The average molecular weight is 356 g/mol. The van der Waals surface area contributed by atoms with Crippen molar-refractivity contribution in [3.05, 3.63) is 33.8 Å². The second kappa shape index (κ2) is 7.73. The average Bonchev–Trinajstić information content (AvgIpc) is 3.20. The van der Waals surface area contributed by atoms with Gasteiger partial charge in [0, 0.05) is 25.7 Å². The Balaban J connectivity index is 1.52. The van der Waals surface area contributed by atoms with E-state index in [0.29, 0.717) is 22.6 Å². The molecule has 2 amide bonds. The molecule has 23 heavy (non-hydrogen) atoms. The van der Waals surface area contributed by atoms with Gasteiger partial charge < -0.3 is 15.1 Å². The maximum atomic E-state index is 12.5. The highest BCUT2D eigenvalue weighted by Gasteiger charge is 2.30. The summed E-state index contributed by atoms with van der Waals surface area (Å²) >= 11 is 11.9. The lowest BCUT2D eigenvalue weighted by molar-refractivity contribution is 0.174. The van der Waals surface area contributed by atoms with Crippen LogP contribution in [-0.2, 0) is 6.54 Å². The van der Waals surface area contributed by atoms with Crippen molar-refractivity contribution in [2.24, 2.45) is 0 Å². The predicted octanol–water partition coefficient (Wildman–Crippen LogP) is 3.76. The third-order valence-corrected chi connectivity index (χ3v) is 5.47. The standard InChI is InChI=1S/C17H23Cl2N3O/c18-15-6-5-13(10-16(15)19)11-20-17(23)22-9-3-4-14(22)12-21-7-1-2-8-21/h5-6,10,14H,1-4,7-9,11-12H2,(H,20,23)/t14-/m0/s1.